The summed E-state index contributed by atoms with van der Waals surface area (Å²) >= 11 is 6.74. The molecule has 0 saturated carbocycles. The Labute approximate surface area is 97.4 Å². The van der Waals surface area contributed by atoms with Crippen molar-refractivity contribution in [2.45, 2.75) is 0 Å². The molecule has 5 heteroatoms. The zero-order chi connectivity index (χ0) is 9.97. The van der Waals surface area contributed by atoms with Crippen molar-refractivity contribution < 1.29 is 9.15 Å². The van der Waals surface area contributed by atoms with Crippen molar-refractivity contribution in [1.29, 1.82) is 0 Å². The first-order valence-electron chi connectivity index (χ1n) is 3.78. The first kappa shape index (κ1) is 9.73. The van der Waals surface area contributed by atoms with E-state index in [4.69, 9.17) is 9.15 Å². The summed E-state index contributed by atoms with van der Waals surface area (Å²) in [6.07, 6.45) is 3.23. The summed E-state index contributed by atoms with van der Waals surface area (Å²) < 4.78 is 12.2. The second kappa shape index (κ2) is 4.14. The highest BCUT2D eigenvalue weighted by Crippen LogP contribution is 2.29. The Morgan fingerprint density at radius 1 is 1.21 bits per heavy atom. The molecule has 0 radical (unpaired) electrons. The molecule has 14 heavy (non-hydrogen) atoms. The molecule has 0 aliphatic rings. The van der Waals surface area contributed by atoms with Gasteiger partial charge in [-0.05, 0) is 50.1 Å². The normalized spacial score (nSPS) is 10.1. The van der Waals surface area contributed by atoms with E-state index in [1.165, 1.54) is 12.5 Å². The topological polar surface area (TPSA) is 35.3 Å². The number of ether oxygens (including phenoxy) is 1. The molecule has 0 atom stereocenters. The van der Waals surface area contributed by atoms with Gasteiger partial charge in [0, 0.05) is 8.95 Å². The van der Waals surface area contributed by atoms with Gasteiger partial charge in [-0.1, -0.05) is 0 Å². The van der Waals surface area contributed by atoms with Crippen LogP contribution in [0, 0.1) is 0 Å². The van der Waals surface area contributed by atoms with Gasteiger partial charge >= 0.3 is 6.08 Å². The molecule has 0 fully saturated rings. The van der Waals surface area contributed by atoms with Crippen LogP contribution in [0.4, 0.5) is 0 Å². The fourth-order valence-corrected chi connectivity index (χ4v) is 1.51. The van der Waals surface area contributed by atoms with Crippen LogP contribution in [0.15, 0.2) is 44.0 Å². The summed E-state index contributed by atoms with van der Waals surface area (Å²) in [6.45, 7) is 0. The quantitative estimate of drug-likeness (QED) is 0.839. The smallest absolute Gasteiger partial charge is 0.399 e. The number of benzene rings is 1. The van der Waals surface area contributed by atoms with E-state index in [0.717, 1.165) is 8.95 Å². The van der Waals surface area contributed by atoms with Crippen LogP contribution < -0.4 is 4.74 Å². The second-order valence-electron chi connectivity index (χ2n) is 2.48. The highest BCUT2D eigenvalue weighted by atomic mass is 79.9. The van der Waals surface area contributed by atoms with Gasteiger partial charge in [0.05, 0.1) is 6.20 Å². The van der Waals surface area contributed by atoms with Crippen molar-refractivity contribution in [3.05, 3.63) is 39.6 Å². The van der Waals surface area contributed by atoms with Crippen LogP contribution in [0.1, 0.15) is 0 Å². The minimum absolute atomic E-state index is 0.235. The average molecular weight is 319 g/mol. The molecule has 0 bridgehead atoms. The number of rotatable bonds is 2. The zero-order valence-electron chi connectivity index (χ0n) is 6.91. The van der Waals surface area contributed by atoms with E-state index in [-0.39, 0.29) is 6.08 Å². The van der Waals surface area contributed by atoms with Gasteiger partial charge in [-0.25, -0.2) is 0 Å². The molecule has 2 rings (SSSR count). The van der Waals surface area contributed by atoms with Gasteiger partial charge in [0.1, 0.15) is 12.0 Å². The van der Waals surface area contributed by atoms with Crippen molar-refractivity contribution in [1.82, 2.24) is 4.98 Å². The lowest BCUT2D eigenvalue weighted by atomic mass is 10.3. The molecule has 0 spiro atoms. The van der Waals surface area contributed by atoms with Crippen molar-refractivity contribution in [3.63, 3.8) is 0 Å². The fraction of sp³-hybridized carbons (Fsp3) is 0. The molecule has 1 heterocycles. The first-order chi connectivity index (χ1) is 6.75. The van der Waals surface area contributed by atoms with Crippen LogP contribution >= 0.6 is 31.9 Å². The van der Waals surface area contributed by atoms with Gasteiger partial charge in [0.25, 0.3) is 0 Å². The molecular formula is C9H5Br2NO2. The minimum atomic E-state index is 0.235. The van der Waals surface area contributed by atoms with Crippen LogP contribution in [0.3, 0.4) is 0 Å². The van der Waals surface area contributed by atoms with Crippen LogP contribution in [-0.2, 0) is 0 Å². The summed E-state index contributed by atoms with van der Waals surface area (Å²) in [6, 6.07) is 5.52. The van der Waals surface area contributed by atoms with E-state index in [0.29, 0.717) is 5.75 Å². The van der Waals surface area contributed by atoms with E-state index < -0.39 is 0 Å². The number of nitrogens with zero attached hydrogens (tertiary/aromatic N) is 1. The largest absolute Gasteiger partial charge is 0.417 e. The SMILES string of the molecule is Brc1ccc(Oc2ncco2)cc1Br. The molecular weight excluding hydrogens is 314 g/mol. The fourth-order valence-electron chi connectivity index (χ4n) is 0.902. The molecule has 0 unspecified atom stereocenters. The van der Waals surface area contributed by atoms with Crippen molar-refractivity contribution in [3.8, 4) is 11.8 Å². The third-order valence-electron chi connectivity index (χ3n) is 1.51. The van der Waals surface area contributed by atoms with Crippen LogP contribution in [0.25, 0.3) is 0 Å². The summed E-state index contributed by atoms with van der Waals surface area (Å²) in [7, 11) is 0. The molecule has 3 nitrogen and oxygen atoms in total. The summed E-state index contributed by atoms with van der Waals surface area (Å²) in [5, 5.41) is 0. The predicted molar refractivity (Wildman–Crippen MR) is 58.4 cm³/mol. The van der Waals surface area contributed by atoms with E-state index in [9.17, 15) is 0 Å². The van der Waals surface area contributed by atoms with Crippen molar-refractivity contribution in [2.75, 3.05) is 0 Å². The Kier molecular flexibility index (Phi) is 2.88. The van der Waals surface area contributed by atoms with E-state index in [2.05, 4.69) is 36.8 Å². The first-order valence-corrected chi connectivity index (χ1v) is 5.37. The maximum atomic E-state index is 5.33. The maximum Gasteiger partial charge on any atom is 0.399 e. The number of oxazole rings is 1. The Bertz CT molecular complexity index is 428. The Morgan fingerprint density at radius 3 is 2.71 bits per heavy atom. The monoisotopic (exact) mass is 317 g/mol. The highest BCUT2D eigenvalue weighted by Gasteiger charge is 2.03. The predicted octanol–water partition coefficient (Wildman–Crippen LogP) is 3.99. The van der Waals surface area contributed by atoms with Gasteiger partial charge in [-0.15, -0.1) is 0 Å². The average Bonchev–Trinajstić information content (AvgIpc) is 2.64. The third kappa shape index (κ3) is 2.16. The number of halogens is 2. The maximum absolute atomic E-state index is 5.33. The zero-order valence-corrected chi connectivity index (χ0v) is 10.1. The molecule has 72 valence electrons. The lowest BCUT2D eigenvalue weighted by molar-refractivity contribution is 0.330. The minimum Gasteiger partial charge on any atom is -0.417 e. The summed E-state index contributed by atoms with van der Waals surface area (Å²) in [4.78, 5) is 3.85. The Balaban J connectivity index is 2.22. The molecule has 0 aliphatic heterocycles. The number of hydrogen-bond donors (Lipinski definition) is 0. The number of hydrogen-bond acceptors (Lipinski definition) is 3. The van der Waals surface area contributed by atoms with Crippen LogP contribution in [-0.4, -0.2) is 4.98 Å². The molecule has 0 saturated heterocycles. The number of aromatic nitrogens is 1. The van der Waals surface area contributed by atoms with Crippen molar-refractivity contribution >= 4 is 31.9 Å². The molecule has 0 aliphatic carbocycles. The third-order valence-corrected chi connectivity index (χ3v) is 3.39. The van der Waals surface area contributed by atoms with Crippen molar-refractivity contribution in [2.24, 2.45) is 0 Å². The standard InChI is InChI=1S/C9H5Br2NO2/c10-7-2-1-6(5-8(7)11)14-9-12-3-4-13-9/h1-5H. The van der Waals surface area contributed by atoms with E-state index >= 15 is 0 Å². The Hall–Kier alpha value is -0.810. The van der Waals surface area contributed by atoms with Crippen LogP contribution in [0.2, 0.25) is 0 Å². The van der Waals surface area contributed by atoms with Gasteiger partial charge in [-0.3, -0.25) is 0 Å². The molecule has 1 aromatic heterocycles. The summed E-state index contributed by atoms with van der Waals surface area (Å²) in [5.74, 6) is 0.669. The van der Waals surface area contributed by atoms with E-state index in [1.807, 2.05) is 18.2 Å². The van der Waals surface area contributed by atoms with Gasteiger partial charge in [-0.2, -0.15) is 4.98 Å². The summed E-state index contributed by atoms with van der Waals surface area (Å²) in [5.41, 5.74) is 0. The van der Waals surface area contributed by atoms with E-state index in [1.54, 1.807) is 0 Å². The lowest BCUT2D eigenvalue weighted by Crippen LogP contribution is -1.83. The molecule has 0 amide bonds. The second-order valence-corrected chi connectivity index (χ2v) is 4.18. The molecule has 0 N–H and O–H groups in total. The van der Waals surface area contributed by atoms with Crippen LogP contribution in [0.5, 0.6) is 11.8 Å². The molecule has 1 aromatic carbocycles. The Morgan fingerprint density at radius 2 is 2.07 bits per heavy atom. The lowest BCUT2D eigenvalue weighted by Gasteiger charge is -2.01. The highest BCUT2D eigenvalue weighted by molar-refractivity contribution is 9.13. The molecule has 2 aromatic rings. The van der Waals surface area contributed by atoms with Gasteiger partial charge in [0.2, 0.25) is 0 Å². The van der Waals surface area contributed by atoms with Gasteiger partial charge in [0.15, 0.2) is 0 Å². The van der Waals surface area contributed by atoms with Gasteiger partial charge < -0.3 is 9.15 Å².